The van der Waals surface area contributed by atoms with Crippen molar-refractivity contribution in [3.05, 3.63) is 41.0 Å². The van der Waals surface area contributed by atoms with E-state index in [2.05, 4.69) is 4.98 Å². The summed E-state index contributed by atoms with van der Waals surface area (Å²) in [7, 11) is 1.68. The van der Waals surface area contributed by atoms with E-state index in [0.717, 1.165) is 10.9 Å². The van der Waals surface area contributed by atoms with Gasteiger partial charge in [0.1, 0.15) is 16.9 Å². The molecular formula is C13H9FN2O2S. The Morgan fingerprint density at radius 3 is 2.84 bits per heavy atom. The Morgan fingerprint density at radius 1 is 1.42 bits per heavy atom. The number of carbonyl (C=O) groups is 1. The lowest BCUT2D eigenvalue weighted by molar-refractivity contribution is 0.0699. The van der Waals surface area contributed by atoms with Gasteiger partial charge in [0.15, 0.2) is 5.82 Å². The second-order valence-electron chi connectivity index (χ2n) is 4.07. The molecule has 0 spiro atoms. The van der Waals surface area contributed by atoms with Gasteiger partial charge in [0.2, 0.25) is 0 Å². The summed E-state index contributed by atoms with van der Waals surface area (Å²) in [6, 6.07) is 6.13. The van der Waals surface area contributed by atoms with E-state index >= 15 is 0 Å². The molecule has 19 heavy (non-hydrogen) atoms. The number of carboxylic acid groups (broad SMARTS) is 1. The van der Waals surface area contributed by atoms with Crippen LogP contribution in [0.4, 0.5) is 4.39 Å². The van der Waals surface area contributed by atoms with Crippen LogP contribution in [-0.4, -0.2) is 20.6 Å². The van der Waals surface area contributed by atoms with Gasteiger partial charge in [-0.1, -0.05) is 6.07 Å². The van der Waals surface area contributed by atoms with Crippen molar-refractivity contribution in [3.63, 3.8) is 0 Å². The summed E-state index contributed by atoms with van der Waals surface area (Å²) in [4.78, 5) is 16.3. The first-order chi connectivity index (χ1) is 9.09. The lowest BCUT2D eigenvalue weighted by Crippen LogP contribution is -1.99. The molecule has 0 amide bonds. The van der Waals surface area contributed by atoms with Crippen molar-refractivity contribution in [1.29, 1.82) is 0 Å². The van der Waals surface area contributed by atoms with Gasteiger partial charge in [0, 0.05) is 7.05 Å². The van der Waals surface area contributed by atoms with E-state index in [0.29, 0.717) is 5.82 Å². The van der Waals surface area contributed by atoms with Gasteiger partial charge in [-0.25, -0.2) is 14.2 Å². The Balaban J connectivity index is 2.40. The molecule has 2 heterocycles. The number of hydrogen-bond acceptors (Lipinski definition) is 3. The molecule has 0 radical (unpaired) electrons. The van der Waals surface area contributed by atoms with Crippen molar-refractivity contribution < 1.29 is 14.3 Å². The number of carboxylic acids is 1. The molecule has 3 rings (SSSR count). The Kier molecular flexibility index (Phi) is 2.60. The van der Waals surface area contributed by atoms with Gasteiger partial charge >= 0.3 is 5.97 Å². The SMILES string of the molecule is Cn1c(-c2cccs2)nc2c(C(=O)O)ccc(F)c21. The maximum atomic E-state index is 13.9. The minimum absolute atomic E-state index is 0.00908. The van der Waals surface area contributed by atoms with Crippen molar-refractivity contribution in [2.75, 3.05) is 0 Å². The van der Waals surface area contributed by atoms with Crippen molar-refractivity contribution in [2.45, 2.75) is 0 Å². The fourth-order valence-electron chi connectivity index (χ4n) is 2.07. The molecular weight excluding hydrogens is 267 g/mol. The predicted octanol–water partition coefficient (Wildman–Crippen LogP) is 3.14. The predicted molar refractivity (Wildman–Crippen MR) is 70.9 cm³/mol. The molecule has 3 aromatic rings. The molecule has 0 saturated carbocycles. The summed E-state index contributed by atoms with van der Waals surface area (Å²) in [5.74, 6) is -1.02. The number of nitrogens with zero attached hydrogens (tertiary/aromatic N) is 2. The molecule has 2 aromatic heterocycles. The number of hydrogen-bond donors (Lipinski definition) is 1. The molecule has 0 aliphatic rings. The normalized spacial score (nSPS) is 11.1. The van der Waals surface area contributed by atoms with Crippen LogP contribution in [0.5, 0.6) is 0 Å². The Morgan fingerprint density at radius 2 is 2.21 bits per heavy atom. The summed E-state index contributed by atoms with van der Waals surface area (Å²) in [6.45, 7) is 0. The standard InChI is InChI=1S/C13H9FN2O2S/c1-16-11-8(14)5-4-7(13(17)18)10(11)15-12(16)9-3-2-6-19-9/h2-6H,1H3,(H,17,18). The molecule has 0 aliphatic heterocycles. The molecule has 0 saturated heterocycles. The van der Waals surface area contributed by atoms with E-state index < -0.39 is 11.8 Å². The molecule has 4 nitrogen and oxygen atoms in total. The summed E-state index contributed by atoms with van der Waals surface area (Å²) in [5, 5.41) is 11.0. The first-order valence-corrected chi connectivity index (χ1v) is 6.39. The van der Waals surface area contributed by atoms with Gasteiger partial charge in [0.25, 0.3) is 0 Å². The Bertz CT molecular complexity index is 778. The van der Waals surface area contributed by atoms with Crippen molar-refractivity contribution in [3.8, 4) is 10.7 Å². The highest BCUT2D eigenvalue weighted by molar-refractivity contribution is 7.13. The lowest BCUT2D eigenvalue weighted by Gasteiger charge is -2.01. The Hall–Kier alpha value is -2.21. The summed E-state index contributed by atoms with van der Waals surface area (Å²) in [5.41, 5.74) is 0.400. The third-order valence-electron chi connectivity index (χ3n) is 2.94. The van der Waals surface area contributed by atoms with Crippen molar-refractivity contribution in [1.82, 2.24) is 9.55 Å². The van der Waals surface area contributed by atoms with Crippen LogP contribution >= 0.6 is 11.3 Å². The molecule has 0 fully saturated rings. The third kappa shape index (κ3) is 1.72. The molecule has 0 atom stereocenters. The van der Waals surface area contributed by atoms with E-state index in [1.807, 2.05) is 17.5 Å². The maximum Gasteiger partial charge on any atom is 0.337 e. The fraction of sp³-hybridized carbons (Fsp3) is 0.0769. The highest BCUT2D eigenvalue weighted by Gasteiger charge is 2.19. The van der Waals surface area contributed by atoms with Crippen LogP contribution in [-0.2, 0) is 7.05 Å². The highest BCUT2D eigenvalue weighted by atomic mass is 32.1. The third-order valence-corrected chi connectivity index (χ3v) is 3.81. The largest absolute Gasteiger partial charge is 0.478 e. The quantitative estimate of drug-likeness (QED) is 0.782. The fourth-order valence-corrected chi connectivity index (χ4v) is 2.82. The number of aromatic carboxylic acids is 1. The van der Waals surface area contributed by atoms with Crippen LogP contribution < -0.4 is 0 Å². The smallest absolute Gasteiger partial charge is 0.337 e. The minimum Gasteiger partial charge on any atom is -0.478 e. The second kappa shape index (κ2) is 4.17. The van der Waals surface area contributed by atoms with Crippen LogP contribution in [0.2, 0.25) is 0 Å². The van der Waals surface area contributed by atoms with Gasteiger partial charge in [0.05, 0.1) is 10.4 Å². The van der Waals surface area contributed by atoms with Crippen molar-refractivity contribution >= 4 is 28.3 Å². The Labute approximate surface area is 111 Å². The summed E-state index contributed by atoms with van der Waals surface area (Å²) in [6.07, 6.45) is 0. The number of aromatic nitrogens is 2. The summed E-state index contributed by atoms with van der Waals surface area (Å²) >= 11 is 1.47. The zero-order valence-electron chi connectivity index (χ0n) is 9.92. The lowest BCUT2D eigenvalue weighted by atomic mass is 10.2. The molecule has 1 N–H and O–H groups in total. The van der Waals surface area contributed by atoms with Gasteiger partial charge < -0.3 is 9.67 Å². The number of rotatable bonds is 2. The van der Waals surface area contributed by atoms with E-state index in [4.69, 9.17) is 5.11 Å². The maximum absolute atomic E-state index is 13.9. The number of aryl methyl sites for hydroxylation is 1. The zero-order valence-corrected chi connectivity index (χ0v) is 10.7. The number of halogens is 1. The first-order valence-electron chi connectivity index (χ1n) is 5.51. The average Bonchev–Trinajstić information content (AvgIpc) is 2.97. The van der Waals surface area contributed by atoms with E-state index in [-0.39, 0.29) is 16.6 Å². The number of imidazole rings is 1. The van der Waals surface area contributed by atoms with E-state index in [1.165, 1.54) is 17.4 Å². The summed E-state index contributed by atoms with van der Waals surface area (Å²) < 4.78 is 15.5. The first kappa shape index (κ1) is 11.9. The molecule has 96 valence electrons. The average molecular weight is 276 g/mol. The number of fused-ring (bicyclic) bond motifs is 1. The highest BCUT2D eigenvalue weighted by Crippen LogP contribution is 2.30. The number of thiophene rings is 1. The molecule has 6 heteroatoms. The van der Waals surface area contributed by atoms with Crippen LogP contribution in [0, 0.1) is 5.82 Å². The van der Waals surface area contributed by atoms with Crippen LogP contribution in [0.15, 0.2) is 29.6 Å². The number of benzene rings is 1. The molecule has 0 bridgehead atoms. The van der Waals surface area contributed by atoms with Crippen LogP contribution in [0.1, 0.15) is 10.4 Å². The molecule has 0 aliphatic carbocycles. The minimum atomic E-state index is -1.11. The van der Waals surface area contributed by atoms with Gasteiger partial charge in [-0.15, -0.1) is 11.3 Å². The van der Waals surface area contributed by atoms with Crippen LogP contribution in [0.3, 0.4) is 0 Å². The zero-order chi connectivity index (χ0) is 13.6. The van der Waals surface area contributed by atoms with Gasteiger partial charge in [-0.05, 0) is 23.6 Å². The monoisotopic (exact) mass is 276 g/mol. The van der Waals surface area contributed by atoms with Crippen molar-refractivity contribution in [2.24, 2.45) is 7.05 Å². The van der Waals surface area contributed by atoms with E-state index in [1.54, 1.807) is 11.6 Å². The molecule has 1 aromatic carbocycles. The van der Waals surface area contributed by atoms with E-state index in [9.17, 15) is 9.18 Å². The molecule has 0 unspecified atom stereocenters. The van der Waals surface area contributed by atoms with Gasteiger partial charge in [-0.3, -0.25) is 0 Å². The van der Waals surface area contributed by atoms with Gasteiger partial charge in [-0.2, -0.15) is 0 Å². The second-order valence-corrected chi connectivity index (χ2v) is 5.02. The van der Waals surface area contributed by atoms with Crippen LogP contribution in [0.25, 0.3) is 21.7 Å². The topological polar surface area (TPSA) is 55.1 Å².